The Kier molecular flexibility index (Phi) is 4.70. The number of esters is 1. The summed E-state index contributed by atoms with van der Waals surface area (Å²) < 4.78 is 4.69. The van der Waals surface area contributed by atoms with Gasteiger partial charge in [0, 0.05) is 33.7 Å². The van der Waals surface area contributed by atoms with E-state index in [9.17, 15) is 9.59 Å². The Morgan fingerprint density at radius 2 is 2.11 bits per heavy atom. The van der Waals surface area contributed by atoms with Crippen LogP contribution in [0.25, 0.3) is 22.2 Å². The minimum atomic E-state index is -0.441. The zero-order valence-electron chi connectivity index (χ0n) is 15.3. The summed E-state index contributed by atoms with van der Waals surface area (Å²) in [5, 5.41) is 6.25. The number of para-hydroxylation sites is 1. The third kappa shape index (κ3) is 3.41. The van der Waals surface area contributed by atoms with Crippen LogP contribution in [0.1, 0.15) is 21.7 Å². The Balaban J connectivity index is 1.48. The van der Waals surface area contributed by atoms with Crippen molar-refractivity contribution in [1.82, 2.24) is 15.0 Å². The van der Waals surface area contributed by atoms with Crippen LogP contribution in [0.4, 0.5) is 5.13 Å². The molecule has 0 aliphatic heterocycles. The molecule has 1 aromatic carbocycles. The van der Waals surface area contributed by atoms with Gasteiger partial charge in [0.15, 0.2) is 5.13 Å². The number of rotatable bonds is 5. The Hall–Kier alpha value is -3.39. The zero-order chi connectivity index (χ0) is 19.7. The van der Waals surface area contributed by atoms with E-state index in [1.54, 1.807) is 12.3 Å². The molecule has 8 heteroatoms. The normalized spacial score (nSPS) is 10.9. The van der Waals surface area contributed by atoms with E-state index in [4.69, 9.17) is 0 Å². The number of aromatic nitrogens is 3. The Bertz CT molecular complexity index is 1170. The molecule has 142 valence electrons. The number of carbonyl (C=O) groups excluding carboxylic acids is 2. The molecule has 3 N–H and O–H groups in total. The summed E-state index contributed by atoms with van der Waals surface area (Å²) in [6, 6.07) is 9.60. The molecule has 0 fully saturated rings. The number of thiazole rings is 1. The number of fused-ring (bicyclic) bond motifs is 1. The van der Waals surface area contributed by atoms with Crippen molar-refractivity contribution in [1.29, 1.82) is 0 Å². The van der Waals surface area contributed by atoms with Crippen LogP contribution in [0.3, 0.4) is 0 Å². The van der Waals surface area contributed by atoms with Gasteiger partial charge in [0.05, 0.1) is 19.2 Å². The molecule has 28 heavy (non-hydrogen) atoms. The van der Waals surface area contributed by atoms with Crippen molar-refractivity contribution in [2.24, 2.45) is 0 Å². The van der Waals surface area contributed by atoms with Crippen LogP contribution in [-0.2, 0) is 16.0 Å². The van der Waals surface area contributed by atoms with E-state index in [1.165, 1.54) is 18.4 Å². The molecule has 0 aliphatic rings. The number of anilines is 1. The second kappa shape index (κ2) is 7.32. The number of nitrogens with zero attached hydrogens (tertiary/aromatic N) is 1. The molecule has 1 amide bonds. The van der Waals surface area contributed by atoms with Crippen LogP contribution in [0, 0.1) is 6.92 Å². The lowest BCUT2D eigenvalue weighted by Crippen LogP contribution is -2.14. The summed E-state index contributed by atoms with van der Waals surface area (Å²) in [5.74, 6) is -0.567. The van der Waals surface area contributed by atoms with E-state index in [0.29, 0.717) is 16.5 Å². The molecule has 4 aromatic rings. The van der Waals surface area contributed by atoms with E-state index in [-0.39, 0.29) is 12.3 Å². The molecule has 0 atom stereocenters. The van der Waals surface area contributed by atoms with Gasteiger partial charge in [-0.15, -0.1) is 11.3 Å². The Morgan fingerprint density at radius 1 is 1.29 bits per heavy atom. The molecule has 0 bridgehead atoms. The molecule has 0 radical (unpaired) electrons. The SMILES string of the molecule is COC(=O)c1cc(-c2csc(NC(=O)Cc3c(C)[nH]c4ccccc34)n2)c[nH]1. The summed E-state index contributed by atoms with van der Waals surface area (Å²) in [7, 11) is 1.33. The minimum absolute atomic E-state index is 0.127. The lowest BCUT2D eigenvalue weighted by atomic mass is 10.1. The number of benzene rings is 1. The van der Waals surface area contributed by atoms with Crippen molar-refractivity contribution >= 4 is 39.2 Å². The number of aryl methyl sites for hydroxylation is 1. The third-order valence-electron chi connectivity index (χ3n) is 4.50. The van der Waals surface area contributed by atoms with Gasteiger partial charge in [-0.05, 0) is 24.6 Å². The van der Waals surface area contributed by atoms with E-state index in [0.717, 1.165) is 27.7 Å². The number of aromatic amines is 2. The summed E-state index contributed by atoms with van der Waals surface area (Å²) in [6.07, 6.45) is 1.95. The number of amides is 1. The van der Waals surface area contributed by atoms with Crippen LogP contribution in [0.15, 0.2) is 41.9 Å². The highest BCUT2D eigenvalue weighted by atomic mass is 32.1. The predicted molar refractivity (Wildman–Crippen MR) is 109 cm³/mol. The molecule has 0 saturated heterocycles. The van der Waals surface area contributed by atoms with E-state index < -0.39 is 5.97 Å². The first-order valence-electron chi connectivity index (χ1n) is 8.64. The predicted octanol–water partition coefficient (Wildman–Crippen LogP) is 3.90. The van der Waals surface area contributed by atoms with Gasteiger partial charge < -0.3 is 20.0 Å². The van der Waals surface area contributed by atoms with Crippen molar-refractivity contribution in [2.45, 2.75) is 13.3 Å². The molecule has 3 aromatic heterocycles. The van der Waals surface area contributed by atoms with E-state index >= 15 is 0 Å². The van der Waals surface area contributed by atoms with Crippen LogP contribution in [-0.4, -0.2) is 33.9 Å². The molecule has 0 saturated carbocycles. The quantitative estimate of drug-likeness (QED) is 0.447. The lowest BCUT2D eigenvalue weighted by molar-refractivity contribution is -0.115. The number of H-pyrrole nitrogens is 2. The van der Waals surface area contributed by atoms with Gasteiger partial charge in [-0.1, -0.05) is 18.2 Å². The highest BCUT2D eigenvalue weighted by Crippen LogP contribution is 2.27. The largest absolute Gasteiger partial charge is 0.464 e. The van der Waals surface area contributed by atoms with Gasteiger partial charge in [-0.25, -0.2) is 9.78 Å². The summed E-state index contributed by atoms with van der Waals surface area (Å²) in [5.41, 5.74) is 4.77. The fraction of sp³-hybridized carbons (Fsp3) is 0.150. The molecule has 7 nitrogen and oxygen atoms in total. The fourth-order valence-electron chi connectivity index (χ4n) is 3.12. The molecule has 0 aliphatic carbocycles. The van der Waals surface area contributed by atoms with Crippen molar-refractivity contribution in [2.75, 3.05) is 12.4 Å². The average Bonchev–Trinajstić information content (AvgIpc) is 3.41. The molecular formula is C20H18N4O3S. The van der Waals surface area contributed by atoms with E-state index in [2.05, 4.69) is 25.0 Å². The standard InChI is InChI=1S/C20H18N4O3S/c1-11-14(13-5-3-4-6-15(13)22-11)8-18(25)24-20-23-17(10-28-20)12-7-16(21-9-12)19(26)27-2/h3-7,9-10,21-22H,8H2,1-2H3,(H,23,24,25). The average molecular weight is 394 g/mol. The van der Waals surface area contributed by atoms with Gasteiger partial charge in [-0.2, -0.15) is 0 Å². The first-order chi connectivity index (χ1) is 13.5. The van der Waals surface area contributed by atoms with Gasteiger partial charge in [0.1, 0.15) is 5.69 Å². The smallest absolute Gasteiger partial charge is 0.354 e. The van der Waals surface area contributed by atoms with Crippen molar-refractivity contribution in [3.63, 3.8) is 0 Å². The summed E-state index contributed by atoms with van der Waals surface area (Å²) in [4.78, 5) is 34.7. The zero-order valence-corrected chi connectivity index (χ0v) is 16.1. The van der Waals surface area contributed by atoms with Crippen LogP contribution in [0.2, 0.25) is 0 Å². The number of nitrogens with one attached hydrogen (secondary N) is 3. The molecule has 0 unspecified atom stereocenters. The maximum atomic E-state index is 12.5. The number of hydrogen-bond donors (Lipinski definition) is 3. The highest BCUT2D eigenvalue weighted by molar-refractivity contribution is 7.14. The Labute approximate surface area is 164 Å². The lowest BCUT2D eigenvalue weighted by Gasteiger charge is -2.02. The second-order valence-electron chi connectivity index (χ2n) is 6.33. The first kappa shape index (κ1) is 18.0. The number of carbonyl (C=O) groups is 2. The van der Waals surface area contributed by atoms with Gasteiger partial charge in [0.2, 0.25) is 5.91 Å². The minimum Gasteiger partial charge on any atom is -0.464 e. The molecule has 0 spiro atoms. The third-order valence-corrected chi connectivity index (χ3v) is 5.26. The molecular weight excluding hydrogens is 376 g/mol. The van der Waals surface area contributed by atoms with Crippen molar-refractivity contribution < 1.29 is 14.3 Å². The van der Waals surface area contributed by atoms with Crippen LogP contribution < -0.4 is 5.32 Å². The van der Waals surface area contributed by atoms with Crippen LogP contribution >= 0.6 is 11.3 Å². The maximum Gasteiger partial charge on any atom is 0.354 e. The van der Waals surface area contributed by atoms with Gasteiger partial charge in [-0.3, -0.25) is 4.79 Å². The van der Waals surface area contributed by atoms with Gasteiger partial charge in [0.25, 0.3) is 0 Å². The number of hydrogen-bond acceptors (Lipinski definition) is 5. The van der Waals surface area contributed by atoms with E-state index in [1.807, 2.05) is 36.6 Å². The van der Waals surface area contributed by atoms with Crippen molar-refractivity contribution in [3.05, 3.63) is 58.9 Å². The number of methoxy groups -OCH3 is 1. The summed E-state index contributed by atoms with van der Waals surface area (Å²) >= 11 is 1.34. The van der Waals surface area contributed by atoms with Crippen LogP contribution in [0.5, 0.6) is 0 Å². The highest BCUT2D eigenvalue weighted by Gasteiger charge is 2.15. The maximum absolute atomic E-state index is 12.5. The number of ether oxygens (including phenoxy) is 1. The topological polar surface area (TPSA) is 99.9 Å². The fourth-order valence-corrected chi connectivity index (χ4v) is 3.86. The van der Waals surface area contributed by atoms with Crippen molar-refractivity contribution in [3.8, 4) is 11.3 Å². The Morgan fingerprint density at radius 3 is 2.93 bits per heavy atom. The molecule has 3 heterocycles. The second-order valence-corrected chi connectivity index (χ2v) is 7.19. The monoisotopic (exact) mass is 394 g/mol. The molecule has 4 rings (SSSR count). The van der Waals surface area contributed by atoms with Gasteiger partial charge >= 0.3 is 5.97 Å². The summed E-state index contributed by atoms with van der Waals surface area (Å²) in [6.45, 7) is 1.97. The first-order valence-corrected chi connectivity index (χ1v) is 9.52.